The topological polar surface area (TPSA) is 38.7 Å². The fourth-order valence-electron chi connectivity index (χ4n) is 6.77. The van der Waals surface area contributed by atoms with Crippen molar-refractivity contribution in [1.82, 2.24) is 15.0 Å². The number of fused-ring (bicyclic) bond motifs is 4. The van der Waals surface area contributed by atoms with Crippen LogP contribution in [0.2, 0.25) is 0 Å². The van der Waals surface area contributed by atoms with E-state index in [2.05, 4.69) is 118 Å². The van der Waals surface area contributed by atoms with Crippen molar-refractivity contribution >= 4 is 33.6 Å². The van der Waals surface area contributed by atoms with E-state index >= 15 is 0 Å². The van der Waals surface area contributed by atoms with Gasteiger partial charge in [-0.2, -0.15) is 0 Å². The Morgan fingerprint density at radius 2 is 1.28 bits per heavy atom. The normalized spacial score (nSPS) is 13.7. The van der Waals surface area contributed by atoms with Gasteiger partial charge in [0.25, 0.3) is 0 Å². The van der Waals surface area contributed by atoms with Crippen LogP contribution >= 0.6 is 11.3 Å². The summed E-state index contributed by atoms with van der Waals surface area (Å²) in [4.78, 5) is 15.3. The molecule has 2 aromatic heterocycles. The second kappa shape index (κ2) is 10.9. The fourth-order valence-corrected chi connectivity index (χ4v) is 7.98. The summed E-state index contributed by atoms with van der Waals surface area (Å²) in [6, 6.07) is 42.2. The Morgan fingerprint density at radius 3 is 2.09 bits per heavy atom. The first-order valence-corrected chi connectivity index (χ1v) is 16.2. The van der Waals surface area contributed by atoms with Gasteiger partial charge in [-0.15, -0.1) is 11.3 Å². The maximum atomic E-state index is 5.18. The summed E-state index contributed by atoms with van der Waals surface area (Å²) in [6.07, 6.45) is 1.93. The Morgan fingerprint density at radius 1 is 0.652 bits per heavy atom. The molecule has 2 heterocycles. The van der Waals surface area contributed by atoms with Crippen molar-refractivity contribution in [2.45, 2.75) is 19.3 Å². The minimum Gasteiger partial charge on any atom is -0.208 e. The first kappa shape index (κ1) is 28.1. The lowest BCUT2D eigenvalue weighted by atomic mass is 9.82. The Balaban J connectivity index is 1.35. The van der Waals surface area contributed by atoms with Gasteiger partial charge in [0, 0.05) is 31.3 Å². The standard InChI is InChI=1S/C42H31N3S/c1-5-30(38-26(2)31-19-10-12-24-36(31)46-38)28-17-13-18-29(25-28)40-43-39(27-15-7-6-8-16-27)44-41(45-40)33-21-14-23-35-37(33)32-20-9-11-22-34(32)42(35,3)4/h5-25H,1-2H2,3-4H3/b38-30-. The van der Waals surface area contributed by atoms with Gasteiger partial charge in [-0.05, 0) is 56.1 Å². The maximum absolute atomic E-state index is 5.18. The van der Waals surface area contributed by atoms with Gasteiger partial charge in [0.2, 0.25) is 0 Å². The highest BCUT2D eigenvalue weighted by Crippen LogP contribution is 2.51. The van der Waals surface area contributed by atoms with Crippen LogP contribution in [0, 0.1) is 0 Å². The Bertz CT molecular complexity index is 2440. The SMILES string of the molecule is C=C/C(c1cccc(-c2nc(-c3ccccc3)nc(-c3cccc4c3-c3ccccc3C4(C)C)n2)c1)=c1/sc2ccccc2c1=C. The molecule has 8 rings (SSSR count). The number of aromatic nitrogens is 3. The van der Waals surface area contributed by atoms with Gasteiger partial charge in [-0.25, -0.2) is 15.0 Å². The highest BCUT2D eigenvalue weighted by molar-refractivity contribution is 7.17. The van der Waals surface area contributed by atoms with Crippen LogP contribution in [-0.4, -0.2) is 15.0 Å². The van der Waals surface area contributed by atoms with Gasteiger partial charge in [0.15, 0.2) is 17.5 Å². The summed E-state index contributed by atoms with van der Waals surface area (Å²) < 4.78 is 2.34. The lowest BCUT2D eigenvalue weighted by Gasteiger charge is -2.21. The second-order valence-corrected chi connectivity index (χ2v) is 13.2. The molecule has 0 amide bonds. The third kappa shape index (κ3) is 4.45. The predicted molar refractivity (Wildman–Crippen MR) is 193 cm³/mol. The number of hydrogen-bond acceptors (Lipinski definition) is 4. The molecule has 0 radical (unpaired) electrons. The van der Waals surface area contributed by atoms with Gasteiger partial charge in [0.05, 0.1) is 0 Å². The van der Waals surface area contributed by atoms with E-state index in [0.717, 1.165) is 37.6 Å². The van der Waals surface area contributed by atoms with Crippen LogP contribution in [0.25, 0.3) is 67.5 Å². The molecule has 0 unspecified atom stereocenters. The van der Waals surface area contributed by atoms with Crippen molar-refractivity contribution in [3.8, 4) is 45.3 Å². The highest BCUT2D eigenvalue weighted by Gasteiger charge is 2.37. The van der Waals surface area contributed by atoms with E-state index in [1.165, 1.54) is 32.3 Å². The Labute approximate surface area is 272 Å². The van der Waals surface area contributed by atoms with E-state index in [1.807, 2.05) is 36.4 Å². The summed E-state index contributed by atoms with van der Waals surface area (Å²) in [7, 11) is 0. The summed E-state index contributed by atoms with van der Waals surface area (Å²) in [5, 5.41) is 2.20. The van der Waals surface area contributed by atoms with E-state index < -0.39 is 0 Å². The predicted octanol–water partition coefficient (Wildman–Crippen LogP) is 9.19. The molecular formula is C42H31N3S. The summed E-state index contributed by atoms with van der Waals surface area (Å²) in [5.41, 5.74) is 9.89. The van der Waals surface area contributed by atoms with Crippen molar-refractivity contribution in [1.29, 1.82) is 0 Å². The van der Waals surface area contributed by atoms with Crippen LogP contribution < -0.4 is 9.75 Å². The smallest absolute Gasteiger partial charge is 0.164 e. The molecule has 220 valence electrons. The molecule has 5 aromatic carbocycles. The molecular weight excluding hydrogens is 579 g/mol. The average molecular weight is 610 g/mol. The zero-order valence-electron chi connectivity index (χ0n) is 25.8. The molecule has 0 saturated carbocycles. The van der Waals surface area contributed by atoms with Gasteiger partial charge < -0.3 is 0 Å². The third-order valence-electron chi connectivity index (χ3n) is 9.09. The van der Waals surface area contributed by atoms with Crippen LogP contribution in [0.4, 0.5) is 0 Å². The molecule has 0 fully saturated rings. The van der Waals surface area contributed by atoms with Gasteiger partial charge in [0.1, 0.15) is 0 Å². The second-order valence-electron chi connectivity index (χ2n) is 12.2. The van der Waals surface area contributed by atoms with Crippen molar-refractivity contribution in [2.24, 2.45) is 0 Å². The molecule has 46 heavy (non-hydrogen) atoms. The quantitative estimate of drug-likeness (QED) is 0.195. The van der Waals surface area contributed by atoms with Crippen molar-refractivity contribution < 1.29 is 0 Å². The van der Waals surface area contributed by atoms with Crippen molar-refractivity contribution in [3.05, 3.63) is 160 Å². The first-order valence-electron chi connectivity index (χ1n) is 15.4. The summed E-state index contributed by atoms with van der Waals surface area (Å²) in [6.45, 7) is 13.2. The number of allylic oxidation sites excluding steroid dienone is 1. The van der Waals surface area contributed by atoms with Crippen molar-refractivity contribution in [3.63, 3.8) is 0 Å². The summed E-state index contributed by atoms with van der Waals surface area (Å²) >= 11 is 1.75. The lowest BCUT2D eigenvalue weighted by Crippen LogP contribution is -2.19. The van der Waals surface area contributed by atoms with E-state index in [4.69, 9.17) is 15.0 Å². The third-order valence-corrected chi connectivity index (χ3v) is 10.3. The minimum absolute atomic E-state index is 0.120. The van der Waals surface area contributed by atoms with E-state index in [1.54, 1.807) is 11.3 Å². The van der Waals surface area contributed by atoms with Gasteiger partial charge in [-0.1, -0.05) is 142 Å². The van der Waals surface area contributed by atoms with Crippen LogP contribution in [0.3, 0.4) is 0 Å². The van der Waals surface area contributed by atoms with Crippen LogP contribution in [0.1, 0.15) is 30.5 Å². The number of benzene rings is 5. The molecule has 0 bridgehead atoms. The zero-order valence-corrected chi connectivity index (χ0v) is 26.6. The molecule has 1 aliphatic carbocycles. The largest absolute Gasteiger partial charge is 0.208 e. The average Bonchev–Trinajstić information content (AvgIpc) is 3.56. The van der Waals surface area contributed by atoms with Crippen LogP contribution in [0.5, 0.6) is 0 Å². The minimum atomic E-state index is -0.120. The number of rotatable bonds is 5. The molecule has 0 atom stereocenters. The molecule has 4 heteroatoms. The van der Waals surface area contributed by atoms with Crippen molar-refractivity contribution in [2.75, 3.05) is 0 Å². The van der Waals surface area contributed by atoms with Crippen LogP contribution in [0.15, 0.2) is 134 Å². The zero-order chi connectivity index (χ0) is 31.4. The van der Waals surface area contributed by atoms with Crippen LogP contribution in [-0.2, 0) is 5.41 Å². The summed E-state index contributed by atoms with van der Waals surface area (Å²) in [5.74, 6) is 1.94. The number of thiophene rings is 1. The number of nitrogens with zero attached hydrogens (tertiary/aromatic N) is 3. The maximum Gasteiger partial charge on any atom is 0.164 e. The van der Waals surface area contributed by atoms with Gasteiger partial charge in [-0.3, -0.25) is 0 Å². The molecule has 0 saturated heterocycles. The fraction of sp³-hybridized carbons (Fsp3) is 0.0714. The van der Waals surface area contributed by atoms with Gasteiger partial charge >= 0.3 is 0 Å². The molecule has 0 spiro atoms. The molecule has 3 nitrogen and oxygen atoms in total. The molecule has 0 aliphatic heterocycles. The highest BCUT2D eigenvalue weighted by atomic mass is 32.1. The number of hydrogen-bond donors (Lipinski definition) is 0. The Hall–Kier alpha value is -5.45. The van der Waals surface area contributed by atoms with E-state index in [-0.39, 0.29) is 5.41 Å². The molecule has 0 N–H and O–H groups in total. The Kier molecular flexibility index (Phi) is 6.63. The van der Waals surface area contributed by atoms with E-state index in [9.17, 15) is 0 Å². The first-order chi connectivity index (χ1) is 22.4. The molecule has 1 aliphatic rings. The lowest BCUT2D eigenvalue weighted by molar-refractivity contribution is 0.660. The monoisotopic (exact) mass is 609 g/mol. The molecule has 7 aromatic rings. The van der Waals surface area contributed by atoms with E-state index in [0.29, 0.717) is 17.5 Å².